The minimum absolute atomic E-state index is 0.0856. The maximum atomic E-state index is 13.4. The van der Waals surface area contributed by atoms with E-state index >= 15 is 0 Å². The van der Waals surface area contributed by atoms with Crippen molar-refractivity contribution >= 4 is 0 Å². The van der Waals surface area contributed by atoms with Crippen LogP contribution in [0.4, 0.5) is 4.39 Å². The summed E-state index contributed by atoms with van der Waals surface area (Å²) in [7, 11) is 0. The van der Waals surface area contributed by atoms with Crippen molar-refractivity contribution in [3.8, 4) is 5.75 Å². The Hall–Kier alpha value is -1.17. The SMILES string of the molecule is NCCc1cc(F)ccc1OC1CCOC2(CCOC2)C1. The predicted molar refractivity (Wildman–Crippen MR) is 76.9 cm³/mol. The number of hydrogen-bond donors (Lipinski definition) is 1. The highest BCUT2D eigenvalue weighted by Crippen LogP contribution is 2.35. The summed E-state index contributed by atoms with van der Waals surface area (Å²) in [4.78, 5) is 0. The molecular weight excluding hydrogens is 273 g/mol. The van der Waals surface area contributed by atoms with Crippen LogP contribution in [0.5, 0.6) is 5.75 Å². The second kappa shape index (κ2) is 6.30. The molecule has 1 aromatic carbocycles. The van der Waals surface area contributed by atoms with Crippen molar-refractivity contribution in [2.45, 2.75) is 37.4 Å². The van der Waals surface area contributed by atoms with Gasteiger partial charge in [0.25, 0.3) is 0 Å². The fraction of sp³-hybridized carbons (Fsp3) is 0.625. The average Bonchev–Trinajstić information content (AvgIpc) is 2.90. The summed E-state index contributed by atoms with van der Waals surface area (Å²) < 4.78 is 30.9. The van der Waals surface area contributed by atoms with Crippen LogP contribution in [0.3, 0.4) is 0 Å². The van der Waals surface area contributed by atoms with Crippen molar-refractivity contribution in [2.75, 3.05) is 26.4 Å². The Morgan fingerprint density at radius 1 is 1.38 bits per heavy atom. The van der Waals surface area contributed by atoms with E-state index in [0.29, 0.717) is 26.2 Å². The number of rotatable bonds is 4. The topological polar surface area (TPSA) is 53.7 Å². The molecule has 3 rings (SSSR count). The van der Waals surface area contributed by atoms with Crippen LogP contribution in [0.15, 0.2) is 18.2 Å². The van der Waals surface area contributed by atoms with Gasteiger partial charge >= 0.3 is 0 Å². The van der Waals surface area contributed by atoms with Crippen molar-refractivity contribution in [3.05, 3.63) is 29.6 Å². The molecule has 2 N–H and O–H groups in total. The Balaban J connectivity index is 1.71. The number of nitrogens with two attached hydrogens (primary N) is 1. The van der Waals surface area contributed by atoms with Gasteiger partial charge in [-0.05, 0) is 36.7 Å². The van der Waals surface area contributed by atoms with Crippen LogP contribution in [0.1, 0.15) is 24.8 Å². The molecule has 2 unspecified atom stereocenters. The van der Waals surface area contributed by atoms with Gasteiger partial charge in [-0.15, -0.1) is 0 Å². The van der Waals surface area contributed by atoms with Gasteiger partial charge < -0.3 is 19.9 Å². The molecule has 2 aliphatic heterocycles. The molecule has 0 saturated carbocycles. The van der Waals surface area contributed by atoms with Crippen molar-refractivity contribution in [3.63, 3.8) is 0 Å². The third-order valence-corrected chi connectivity index (χ3v) is 4.24. The molecule has 2 heterocycles. The second-order valence-corrected chi connectivity index (χ2v) is 5.86. The molecule has 4 nitrogen and oxygen atoms in total. The first-order chi connectivity index (χ1) is 10.2. The standard InChI is InChI=1S/C16H22FNO3/c17-13-1-2-15(12(9-13)3-6-18)21-14-4-7-20-16(10-14)5-8-19-11-16/h1-2,9,14H,3-8,10-11,18H2. The summed E-state index contributed by atoms with van der Waals surface area (Å²) in [6.07, 6.45) is 3.30. The molecule has 1 aromatic rings. The molecule has 2 fully saturated rings. The van der Waals surface area contributed by atoms with E-state index in [-0.39, 0.29) is 17.5 Å². The number of hydrogen-bond acceptors (Lipinski definition) is 4. The van der Waals surface area contributed by atoms with E-state index in [0.717, 1.165) is 37.2 Å². The van der Waals surface area contributed by atoms with Crippen LogP contribution < -0.4 is 10.5 Å². The van der Waals surface area contributed by atoms with Gasteiger partial charge in [-0.25, -0.2) is 4.39 Å². The zero-order valence-corrected chi connectivity index (χ0v) is 12.1. The molecule has 2 saturated heterocycles. The maximum absolute atomic E-state index is 13.4. The summed E-state index contributed by atoms with van der Waals surface area (Å²) in [5, 5.41) is 0. The molecule has 0 bridgehead atoms. The first-order valence-corrected chi connectivity index (χ1v) is 7.58. The second-order valence-electron chi connectivity index (χ2n) is 5.86. The summed E-state index contributed by atoms with van der Waals surface area (Å²) in [5.41, 5.74) is 6.24. The third kappa shape index (κ3) is 3.36. The van der Waals surface area contributed by atoms with E-state index in [2.05, 4.69) is 0 Å². The van der Waals surface area contributed by atoms with Crippen LogP contribution in [0.25, 0.3) is 0 Å². The van der Waals surface area contributed by atoms with E-state index in [4.69, 9.17) is 19.9 Å². The van der Waals surface area contributed by atoms with E-state index < -0.39 is 0 Å². The van der Waals surface area contributed by atoms with Crippen LogP contribution in [-0.4, -0.2) is 38.1 Å². The molecule has 0 amide bonds. The molecule has 21 heavy (non-hydrogen) atoms. The van der Waals surface area contributed by atoms with E-state index in [1.807, 2.05) is 0 Å². The first-order valence-electron chi connectivity index (χ1n) is 7.58. The van der Waals surface area contributed by atoms with Gasteiger partial charge in [-0.3, -0.25) is 0 Å². The van der Waals surface area contributed by atoms with E-state index in [9.17, 15) is 4.39 Å². The predicted octanol–water partition coefficient (Wildman–Crippen LogP) is 2.04. The maximum Gasteiger partial charge on any atom is 0.123 e. The van der Waals surface area contributed by atoms with E-state index in [1.54, 1.807) is 6.07 Å². The monoisotopic (exact) mass is 295 g/mol. The quantitative estimate of drug-likeness (QED) is 0.923. The van der Waals surface area contributed by atoms with Gasteiger partial charge in [-0.2, -0.15) is 0 Å². The van der Waals surface area contributed by atoms with Crippen LogP contribution in [-0.2, 0) is 15.9 Å². The zero-order valence-electron chi connectivity index (χ0n) is 12.1. The molecule has 2 atom stereocenters. The Bertz CT molecular complexity index is 488. The van der Waals surface area contributed by atoms with Gasteiger partial charge in [0.1, 0.15) is 17.7 Å². The lowest BCUT2D eigenvalue weighted by atomic mass is 9.91. The highest BCUT2D eigenvalue weighted by molar-refractivity contribution is 5.34. The molecule has 0 aliphatic carbocycles. The Labute approximate surface area is 124 Å². The molecule has 0 radical (unpaired) electrons. The molecule has 2 aliphatic rings. The molecule has 0 aromatic heterocycles. The lowest BCUT2D eigenvalue weighted by Crippen LogP contribution is -2.44. The molecular formula is C16H22FNO3. The molecule has 5 heteroatoms. The normalized spacial score (nSPS) is 29.0. The van der Waals surface area contributed by atoms with Crippen LogP contribution in [0, 0.1) is 5.82 Å². The van der Waals surface area contributed by atoms with Gasteiger partial charge in [-0.1, -0.05) is 0 Å². The first kappa shape index (κ1) is 14.8. The van der Waals surface area contributed by atoms with Crippen molar-refractivity contribution in [2.24, 2.45) is 5.73 Å². The fourth-order valence-corrected chi connectivity index (χ4v) is 3.14. The Morgan fingerprint density at radius 2 is 2.29 bits per heavy atom. The minimum Gasteiger partial charge on any atom is -0.490 e. The lowest BCUT2D eigenvalue weighted by Gasteiger charge is -2.37. The van der Waals surface area contributed by atoms with Crippen LogP contribution >= 0.6 is 0 Å². The van der Waals surface area contributed by atoms with Crippen LogP contribution in [0.2, 0.25) is 0 Å². The lowest BCUT2D eigenvalue weighted by molar-refractivity contribution is -0.112. The Kier molecular flexibility index (Phi) is 4.42. The highest BCUT2D eigenvalue weighted by Gasteiger charge is 2.41. The molecule has 116 valence electrons. The third-order valence-electron chi connectivity index (χ3n) is 4.24. The van der Waals surface area contributed by atoms with Crippen molar-refractivity contribution in [1.29, 1.82) is 0 Å². The Morgan fingerprint density at radius 3 is 3.05 bits per heavy atom. The summed E-state index contributed by atoms with van der Waals surface area (Å²) in [6, 6.07) is 4.65. The fourth-order valence-electron chi connectivity index (χ4n) is 3.14. The van der Waals surface area contributed by atoms with E-state index in [1.165, 1.54) is 12.1 Å². The average molecular weight is 295 g/mol. The smallest absolute Gasteiger partial charge is 0.123 e. The zero-order chi connectivity index (χ0) is 14.7. The minimum atomic E-state index is -0.251. The van der Waals surface area contributed by atoms with Gasteiger partial charge in [0, 0.05) is 25.9 Å². The number of halogens is 1. The largest absolute Gasteiger partial charge is 0.490 e. The van der Waals surface area contributed by atoms with Gasteiger partial charge in [0.2, 0.25) is 0 Å². The van der Waals surface area contributed by atoms with Crippen molar-refractivity contribution in [1.82, 2.24) is 0 Å². The number of ether oxygens (including phenoxy) is 3. The number of benzene rings is 1. The summed E-state index contributed by atoms with van der Waals surface area (Å²) in [6.45, 7) is 2.56. The molecule has 1 spiro atoms. The van der Waals surface area contributed by atoms with Crippen molar-refractivity contribution < 1.29 is 18.6 Å². The highest BCUT2D eigenvalue weighted by atomic mass is 19.1. The summed E-state index contributed by atoms with van der Waals surface area (Å²) in [5.74, 6) is 0.487. The van der Waals surface area contributed by atoms with Gasteiger partial charge in [0.15, 0.2) is 0 Å². The van der Waals surface area contributed by atoms with Gasteiger partial charge in [0.05, 0.1) is 18.8 Å². The summed E-state index contributed by atoms with van der Waals surface area (Å²) >= 11 is 0.